The van der Waals surface area contributed by atoms with Gasteiger partial charge in [0, 0.05) is 11.3 Å². The molecular weight excluding hydrogens is 242 g/mol. The number of rotatable bonds is 4. The minimum absolute atomic E-state index is 0.0483. The van der Waals surface area contributed by atoms with Gasteiger partial charge in [-0.25, -0.2) is 8.78 Å². The summed E-state index contributed by atoms with van der Waals surface area (Å²) in [4.78, 5) is 10.4. The Morgan fingerprint density at radius 3 is 2.83 bits per heavy atom. The van der Waals surface area contributed by atoms with E-state index >= 15 is 0 Å². The van der Waals surface area contributed by atoms with Crippen molar-refractivity contribution in [3.63, 3.8) is 0 Å². The molecule has 18 heavy (non-hydrogen) atoms. The van der Waals surface area contributed by atoms with Crippen LogP contribution in [0.15, 0.2) is 24.3 Å². The number of aliphatic carboxylic acids is 1. The largest absolute Gasteiger partial charge is 0.481 e. The predicted octanol–water partition coefficient (Wildman–Crippen LogP) is 2.37. The normalized spacial score (nSPS) is 10.6. The van der Waals surface area contributed by atoms with Gasteiger partial charge in [-0.05, 0) is 30.7 Å². The Balaban J connectivity index is 2.23. The first-order valence-corrected chi connectivity index (χ1v) is 5.28. The summed E-state index contributed by atoms with van der Waals surface area (Å²) in [5.74, 6) is -2.06. The van der Waals surface area contributed by atoms with Gasteiger partial charge in [0.05, 0.1) is 12.1 Å². The van der Waals surface area contributed by atoms with E-state index in [9.17, 15) is 13.6 Å². The SMILES string of the molecule is O=C(O)CCc1cc(-c2cc(F)ccc2F)n[nH]1. The lowest BCUT2D eigenvalue weighted by molar-refractivity contribution is -0.136. The zero-order chi connectivity index (χ0) is 13.1. The molecule has 1 aromatic carbocycles. The number of nitrogens with zero attached hydrogens (tertiary/aromatic N) is 1. The summed E-state index contributed by atoms with van der Waals surface area (Å²) < 4.78 is 26.5. The molecule has 94 valence electrons. The molecule has 0 atom stereocenters. The number of aryl methyl sites for hydroxylation is 1. The van der Waals surface area contributed by atoms with E-state index in [4.69, 9.17) is 5.11 Å². The van der Waals surface area contributed by atoms with Crippen molar-refractivity contribution in [3.8, 4) is 11.3 Å². The van der Waals surface area contributed by atoms with Crippen molar-refractivity contribution < 1.29 is 18.7 Å². The van der Waals surface area contributed by atoms with Crippen LogP contribution in [0.5, 0.6) is 0 Å². The summed E-state index contributed by atoms with van der Waals surface area (Å²) in [6.45, 7) is 0. The summed E-state index contributed by atoms with van der Waals surface area (Å²) in [5, 5.41) is 15.0. The van der Waals surface area contributed by atoms with Crippen molar-refractivity contribution in [1.29, 1.82) is 0 Å². The van der Waals surface area contributed by atoms with Gasteiger partial charge in [-0.2, -0.15) is 5.10 Å². The van der Waals surface area contributed by atoms with Gasteiger partial charge < -0.3 is 5.11 Å². The number of carboxylic acids is 1. The Hall–Kier alpha value is -2.24. The highest BCUT2D eigenvalue weighted by Gasteiger charge is 2.11. The van der Waals surface area contributed by atoms with E-state index in [1.54, 1.807) is 0 Å². The first-order valence-electron chi connectivity index (χ1n) is 5.28. The van der Waals surface area contributed by atoms with Gasteiger partial charge in [-0.15, -0.1) is 0 Å². The lowest BCUT2D eigenvalue weighted by Crippen LogP contribution is -1.97. The van der Waals surface area contributed by atoms with E-state index in [0.29, 0.717) is 5.69 Å². The monoisotopic (exact) mass is 252 g/mol. The molecule has 2 rings (SSSR count). The number of benzene rings is 1. The van der Waals surface area contributed by atoms with Crippen LogP contribution in [0.25, 0.3) is 11.3 Å². The van der Waals surface area contributed by atoms with Gasteiger partial charge in [-0.3, -0.25) is 9.89 Å². The third-order valence-electron chi connectivity index (χ3n) is 2.44. The topological polar surface area (TPSA) is 66.0 Å². The van der Waals surface area contributed by atoms with Crippen molar-refractivity contribution in [3.05, 3.63) is 41.6 Å². The van der Waals surface area contributed by atoms with Gasteiger partial charge in [0.25, 0.3) is 0 Å². The molecule has 6 heteroatoms. The zero-order valence-electron chi connectivity index (χ0n) is 9.28. The second kappa shape index (κ2) is 4.95. The number of carbonyl (C=O) groups is 1. The van der Waals surface area contributed by atoms with Crippen LogP contribution in [-0.4, -0.2) is 21.3 Å². The van der Waals surface area contributed by atoms with E-state index in [2.05, 4.69) is 10.2 Å². The van der Waals surface area contributed by atoms with Crippen molar-refractivity contribution in [1.82, 2.24) is 10.2 Å². The van der Waals surface area contributed by atoms with E-state index in [1.165, 1.54) is 6.07 Å². The molecule has 0 radical (unpaired) electrons. The Kier molecular flexibility index (Phi) is 3.36. The number of H-pyrrole nitrogens is 1. The van der Waals surface area contributed by atoms with E-state index < -0.39 is 17.6 Å². The first kappa shape index (κ1) is 12.2. The molecule has 0 spiro atoms. The maximum Gasteiger partial charge on any atom is 0.303 e. The summed E-state index contributed by atoms with van der Waals surface area (Å²) in [6.07, 6.45) is 0.215. The molecule has 0 bridgehead atoms. The minimum atomic E-state index is -0.928. The predicted molar refractivity (Wildman–Crippen MR) is 59.9 cm³/mol. The molecule has 4 nitrogen and oxygen atoms in total. The fraction of sp³-hybridized carbons (Fsp3) is 0.167. The Bertz CT molecular complexity index is 581. The number of aromatic amines is 1. The van der Waals surface area contributed by atoms with Crippen LogP contribution in [0, 0.1) is 11.6 Å². The van der Waals surface area contributed by atoms with Crippen LogP contribution >= 0.6 is 0 Å². The fourth-order valence-corrected chi connectivity index (χ4v) is 1.56. The van der Waals surface area contributed by atoms with Gasteiger partial charge in [0.1, 0.15) is 11.6 Å². The fourth-order valence-electron chi connectivity index (χ4n) is 1.56. The third kappa shape index (κ3) is 2.71. The first-order chi connectivity index (χ1) is 8.56. The molecule has 0 amide bonds. The molecule has 0 fully saturated rings. The zero-order valence-corrected chi connectivity index (χ0v) is 9.28. The lowest BCUT2D eigenvalue weighted by atomic mass is 10.1. The number of nitrogens with one attached hydrogen (secondary N) is 1. The quantitative estimate of drug-likeness (QED) is 0.877. The summed E-state index contributed by atoms with van der Waals surface area (Å²) in [5.41, 5.74) is 0.872. The Labute approximate surface area is 101 Å². The molecule has 1 heterocycles. The van der Waals surface area contributed by atoms with E-state index in [-0.39, 0.29) is 24.1 Å². The molecule has 0 saturated heterocycles. The summed E-state index contributed by atoms with van der Waals surface area (Å²) in [6, 6.07) is 4.61. The van der Waals surface area contributed by atoms with Crippen LogP contribution in [0.4, 0.5) is 8.78 Å². The molecule has 0 aliphatic rings. The molecule has 0 aliphatic carbocycles. The van der Waals surface area contributed by atoms with Crippen LogP contribution < -0.4 is 0 Å². The van der Waals surface area contributed by atoms with Crippen LogP contribution in [0.3, 0.4) is 0 Å². The van der Waals surface area contributed by atoms with Crippen LogP contribution in [0.2, 0.25) is 0 Å². The molecule has 0 saturated carbocycles. The summed E-state index contributed by atoms with van der Waals surface area (Å²) in [7, 11) is 0. The highest BCUT2D eigenvalue weighted by molar-refractivity contribution is 5.67. The maximum atomic E-state index is 13.5. The Morgan fingerprint density at radius 2 is 2.11 bits per heavy atom. The summed E-state index contributed by atoms with van der Waals surface area (Å²) >= 11 is 0. The lowest BCUT2D eigenvalue weighted by Gasteiger charge is -1.98. The average Bonchev–Trinajstić information content (AvgIpc) is 2.78. The number of halogens is 2. The van der Waals surface area contributed by atoms with Crippen molar-refractivity contribution in [2.75, 3.05) is 0 Å². The third-order valence-corrected chi connectivity index (χ3v) is 2.44. The molecular formula is C12H10F2N2O2. The van der Waals surface area contributed by atoms with Gasteiger partial charge in [0.2, 0.25) is 0 Å². The van der Waals surface area contributed by atoms with Gasteiger partial charge in [0.15, 0.2) is 0 Å². The maximum absolute atomic E-state index is 13.5. The number of hydrogen-bond acceptors (Lipinski definition) is 2. The van der Waals surface area contributed by atoms with Crippen molar-refractivity contribution in [2.24, 2.45) is 0 Å². The highest BCUT2D eigenvalue weighted by Crippen LogP contribution is 2.22. The van der Waals surface area contributed by atoms with E-state index in [0.717, 1.165) is 18.2 Å². The molecule has 0 unspecified atom stereocenters. The molecule has 0 aliphatic heterocycles. The van der Waals surface area contributed by atoms with E-state index in [1.807, 2.05) is 0 Å². The standard InChI is InChI=1S/C12H10F2N2O2/c13-7-1-3-10(14)9(5-7)11-6-8(15-16-11)2-4-12(17)18/h1,3,5-6H,2,4H2,(H,15,16)(H,17,18). The highest BCUT2D eigenvalue weighted by atomic mass is 19.1. The molecule has 2 N–H and O–H groups in total. The second-order valence-corrected chi connectivity index (χ2v) is 3.80. The van der Waals surface area contributed by atoms with Gasteiger partial charge >= 0.3 is 5.97 Å². The Morgan fingerprint density at radius 1 is 1.33 bits per heavy atom. The number of carboxylic acid groups (broad SMARTS) is 1. The van der Waals surface area contributed by atoms with Crippen LogP contribution in [0.1, 0.15) is 12.1 Å². The molecule has 2 aromatic rings. The number of hydrogen-bond donors (Lipinski definition) is 2. The van der Waals surface area contributed by atoms with Crippen molar-refractivity contribution in [2.45, 2.75) is 12.8 Å². The van der Waals surface area contributed by atoms with Crippen LogP contribution in [-0.2, 0) is 11.2 Å². The van der Waals surface area contributed by atoms with Gasteiger partial charge in [-0.1, -0.05) is 0 Å². The van der Waals surface area contributed by atoms with Crippen molar-refractivity contribution >= 4 is 5.97 Å². The minimum Gasteiger partial charge on any atom is -0.481 e. The second-order valence-electron chi connectivity index (χ2n) is 3.80. The number of aromatic nitrogens is 2. The average molecular weight is 252 g/mol. The molecule has 1 aromatic heterocycles. The smallest absolute Gasteiger partial charge is 0.303 e.